The zero-order valence-corrected chi connectivity index (χ0v) is 13.0. The SMILES string of the molecule is COc1ccc(CSc2cc(N3CCCC3)ncn2)cc1. The van der Waals surface area contributed by atoms with Crippen molar-refractivity contribution >= 4 is 17.6 Å². The summed E-state index contributed by atoms with van der Waals surface area (Å²) >= 11 is 1.74. The summed E-state index contributed by atoms with van der Waals surface area (Å²) in [4.78, 5) is 11.1. The Labute approximate surface area is 129 Å². The third-order valence-electron chi connectivity index (χ3n) is 3.60. The Morgan fingerprint density at radius 2 is 1.90 bits per heavy atom. The Hall–Kier alpha value is -1.75. The Kier molecular flexibility index (Phi) is 4.60. The van der Waals surface area contributed by atoms with E-state index >= 15 is 0 Å². The van der Waals surface area contributed by atoms with Crippen molar-refractivity contribution in [3.63, 3.8) is 0 Å². The summed E-state index contributed by atoms with van der Waals surface area (Å²) in [6.07, 6.45) is 4.20. The van der Waals surface area contributed by atoms with Crippen LogP contribution in [0.4, 0.5) is 5.82 Å². The smallest absolute Gasteiger partial charge is 0.133 e. The number of nitrogens with zero attached hydrogens (tertiary/aromatic N) is 3. The summed E-state index contributed by atoms with van der Waals surface area (Å²) in [5, 5.41) is 1.03. The van der Waals surface area contributed by atoms with E-state index in [1.54, 1.807) is 25.2 Å². The number of aromatic nitrogens is 2. The second kappa shape index (κ2) is 6.80. The summed E-state index contributed by atoms with van der Waals surface area (Å²) in [7, 11) is 1.69. The van der Waals surface area contributed by atoms with Gasteiger partial charge in [-0.3, -0.25) is 0 Å². The summed E-state index contributed by atoms with van der Waals surface area (Å²) in [6, 6.07) is 10.3. The molecule has 0 spiro atoms. The molecule has 0 aliphatic carbocycles. The molecule has 110 valence electrons. The molecule has 5 heteroatoms. The normalized spacial score (nSPS) is 14.4. The lowest BCUT2D eigenvalue weighted by Gasteiger charge is -2.16. The number of methoxy groups -OCH3 is 1. The Balaban J connectivity index is 1.62. The van der Waals surface area contributed by atoms with Gasteiger partial charge in [0.15, 0.2) is 0 Å². The van der Waals surface area contributed by atoms with Gasteiger partial charge in [0.1, 0.15) is 22.9 Å². The first kappa shape index (κ1) is 14.2. The fourth-order valence-electron chi connectivity index (χ4n) is 2.41. The van der Waals surface area contributed by atoms with E-state index in [2.05, 4.69) is 33.1 Å². The van der Waals surface area contributed by atoms with Gasteiger partial charge in [-0.1, -0.05) is 12.1 Å². The molecule has 1 aliphatic rings. The molecular weight excluding hydrogens is 282 g/mol. The van der Waals surface area contributed by atoms with Gasteiger partial charge in [-0.15, -0.1) is 11.8 Å². The first-order chi connectivity index (χ1) is 10.3. The molecule has 1 aliphatic heterocycles. The molecule has 0 atom stereocenters. The minimum atomic E-state index is 0.891. The number of ether oxygens (including phenoxy) is 1. The van der Waals surface area contributed by atoms with Crippen molar-refractivity contribution in [1.29, 1.82) is 0 Å². The van der Waals surface area contributed by atoms with E-state index in [-0.39, 0.29) is 0 Å². The van der Waals surface area contributed by atoms with Crippen LogP contribution in [0.15, 0.2) is 41.7 Å². The molecule has 0 amide bonds. The maximum absolute atomic E-state index is 5.17. The highest BCUT2D eigenvalue weighted by atomic mass is 32.2. The topological polar surface area (TPSA) is 38.2 Å². The first-order valence-corrected chi connectivity index (χ1v) is 8.16. The molecule has 2 aromatic rings. The molecule has 1 saturated heterocycles. The van der Waals surface area contributed by atoms with Gasteiger partial charge in [0.25, 0.3) is 0 Å². The van der Waals surface area contributed by atoms with Crippen LogP contribution in [0.2, 0.25) is 0 Å². The van der Waals surface area contributed by atoms with Crippen LogP contribution in [0.1, 0.15) is 18.4 Å². The lowest BCUT2D eigenvalue weighted by Crippen LogP contribution is -2.18. The van der Waals surface area contributed by atoms with Crippen molar-refractivity contribution in [2.24, 2.45) is 0 Å². The van der Waals surface area contributed by atoms with Crippen molar-refractivity contribution in [2.75, 3.05) is 25.1 Å². The van der Waals surface area contributed by atoms with Crippen LogP contribution in [0.3, 0.4) is 0 Å². The van der Waals surface area contributed by atoms with Crippen LogP contribution in [-0.2, 0) is 5.75 Å². The maximum Gasteiger partial charge on any atom is 0.133 e. The average molecular weight is 301 g/mol. The molecule has 0 bridgehead atoms. The first-order valence-electron chi connectivity index (χ1n) is 7.18. The highest BCUT2D eigenvalue weighted by Crippen LogP contribution is 2.25. The van der Waals surface area contributed by atoms with Gasteiger partial charge in [0.05, 0.1) is 7.11 Å². The van der Waals surface area contributed by atoms with Crippen LogP contribution in [-0.4, -0.2) is 30.2 Å². The van der Waals surface area contributed by atoms with Gasteiger partial charge >= 0.3 is 0 Å². The van der Waals surface area contributed by atoms with Crippen LogP contribution in [0.25, 0.3) is 0 Å². The largest absolute Gasteiger partial charge is 0.497 e. The summed E-state index contributed by atoms with van der Waals surface area (Å²) < 4.78 is 5.17. The van der Waals surface area contributed by atoms with E-state index < -0.39 is 0 Å². The monoisotopic (exact) mass is 301 g/mol. The predicted molar refractivity (Wildman–Crippen MR) is 86.0 cm³/mol. The van der Waals surface area contributed by atoms with Gasteiger partial charge in [-0.2, -0.15) is 0 Å². The summed E-state index contributed by atoms with van der Waals surface area (Å²) in [5.74, 6) is 2.85. The zero-order valence-electron chi connectivity index (χ0n) is 12.2. The average Bonchev–Trinajstić information content (AvgIpc) is 3.08. The van der Waals surface area contributed by atoms with Crippen molar-refractivity contribution < 1.29 is 4.74 Å². The van der Waals surface area contributed by atoms with Crippen LogP contribution < -0.4 is 9.64 Å². The molecule has 1 aromatic carbocycles. The third-order valence-corrected chi connectivity index (χ3v) is 4.60. The second-order valence-electron chi connectivity index (χ2n) is 5.05. The Bertz CT molecular complexity index is 582. The molecule has 0 radical (unpaired) electrons. The van der Waals surface area contributed by atoms with Crippen molar-refractivity contribution in [1.82, 2.24) is 9.97 Å². The quantitative estimate of drug-likeness (QED) is 0.625. The number of thioether (sulfide) groups is 1. The molecule has 0 unspecified atom stereocenters. The molecular formula is C16H19N3OS. The number of hydrogen-bond acceptors (Lipinski definition) is 5. The lowest BCUT2D eigenvalue weighted by atomic mass is 10.2. The second-order valence-corrected chi connectivity index (χ2v) is 6.04. The van der Waals surface area contributed by atoms with E-state index in [9.17, 15) is 0 Å². The third kappa shape index (κ3) is 3.67. The number of rotatable bonds is 5. The standard InChI is InChI=1S/C16H19N3OS/c1-20-14-6-4-13(5-7-14)11-21-16-10-15(17-12-18-16)19-8-2-3-9-19/h4-7,10,12H,2-3,8-9,11H2,1H3. The fourth-order valence-corrected chi connectivity index (χ4v) is 3.22. The van der Waals surface area contributed by atoms with Gasteiger partial charge in [-0.25, -0.2) is 9.97 Å². The molecule has 1 fully saturated rings. The molecule has 2 heterocycles. The molecule has 0 saturated carbocycles. The van der Waals surface area contributed by atoms with Crippen LogP contribution >= 0.6 is 11.8 Å². The van der Waals surface area contributed by atoms with E-state index in [4.69, 9.17) is 4.74 Å². The zero-order chi connectivity index (χ0) is 14.5. The van der Waals surface area contributed by atoms with Crippen LogP contribution in [0.5, 0.6) is 5.75 Å². The van der Waals surface area contributed by atoms with E-state index in [0.29, 0.717) is 0 Å². The van der Waals surface area contributed by atoms with Gasteiger partial charge in [0.2, 0.25) is 0 Å². The Morgan fingerprint density at radius 1 is 1.14 bits per heavy atom. The minimum absolute atomic E-state index is 0.891. The maximum atomic E-state index is 5.17. The molecule has 4 nitrogen and oxygen atoms in total. The van der Waals surface area contributed by atoms with Gasteiger partial charge in [-0.05, 0) is 30.5 Å². The van der Waals surface area contributed by atoms with E-state index in [0.717, 1.165) is 35.4 Å². The lowest BCUT2D eigenvalue weighted by molar-refractivity contribution is 0.414. The molecule has 3 rings (SSSR count). The van der Waals surface area contributed by atoms with Crippen molar-refractivity contribution in [3.05, 3.63) is 42.2 Å². The van der Waals surface area contributed by atoms with Crippen molar-refractivity contribution in [2.45, 2.75) is 23.6 Å². The van der Waals surface area contributed by atoms with Crippen LogP contribution in [0, 0.1) is 0 Å². The minimum Gasteiger partial charge on any atom is -0.497 e. The van der Waals surface area contributed by atoms with Gasteiger partial charge < -0.3 is 9.64 Å². The van der Waals surface area contributed by atoms with E-state index in [1.807, 2.05) is 12.1 Å². The van der Waals surface area contributed by atoms with Gasteiger partial charge in [0, 0.05) is 24.9 Å². The molecule has 0 N–H and O–H groups in total. The number of anilines is 1. The molecule has 1 aromatic heterocycles. The highest BCUT2D eigenvalue weighted by molar-refractivity contribution is 7.98. The fraction of sp³-hybridized carbons (Fsp3) is 0.375. The highest BCUT2D eigenvalue weighted by Gasteiger charge is 2.14. The number of hydrogen-bond donors (Lipinski definition) is 0. The summed E-state index contributed by atoms with van der Waals surface area (Å²) in [5.41, 5.74) is 1.27. The summed E-state index contributed by atoms with van der Waals surface area (Å²) in [6.45, 7) is 2.22. The molecule has 21 heavy (non-hydrogen) atoms. The predicted octanol–water partition coefficient (Wildman–Crippen LogP) is 3.38. The van der Waals surface area contributed by atoms with E-state index in [1.165, 1.54) is 18.4 Å². The van der Waals surface area contributed by atoms with Crippen molar-refractivity contribution in [3.8, 4) is 5.75 Å². The number of benzene rings is 1. The Morgan fingerprint density at radius 3 is 2.62 bits per heavy atom.